The van der Waals surface area contributed by atoms with E-state index in [2.05, 4.69) is 15.7 Å². The van der Waals surface area contributed by atoms with Crippen LogP contribution in [0.4, 0.5) is 5.69 Å². The first kappa shape index (κ1) is 16.2. The van der Waals surface area contributed by atoms with Crippen molar-refractivity contribution in [3.8, 4) is 18.1 Å². The van der Waals surface area contributed by atoms with Crippen LogP contribution in [0.3, 0.4) is 0 Å². The van der Waals surface area contributed by atoms with Gasteiger partial charge in [0, 0.05) is 37.8 Å². The van der Waals surface area contributed by atoms with E-state index in [0.29, 0.717) is 6.42 Å². The van der Waals surface area contributed by atoms with Crippen molar-refractivity contribution in [1.29, 1.82) is 0 Å². The fourth-order valence-electron chi connectivity index (χ4n) is 2.55. The smallest absolute Gasteiger partial charge is 0.148 e. The Bertz CT molecular complexity index is 514. The lowest BCUT2D eigenvalue weighted by molar-refractivity contribution is -0.305. The van der Waals surface area contributed by atoms with Crippen molar-refractivity contribution >= 4 is 11.7 Å². The monoisotopic (exact) mass is 301 g/mol. The zero-order valence-electron chi connectivity index (χ0n) is 12.7. The standard InChI is InChI=1S/C17H22N2O3/c1-2-14-22-16-7-5-15(6-8-16)19-12-10-18(11-13-19)9-3-4-17(20)21/h1,5-8H,3-4,9-14H2,(H,20,21)/p-1. The number of anilines is 1. The number of hydrogen-bond acceptors (Lipinski definition) is 5. The van der Waals surface area contributed by atoms with Crippen LogP contribution in [0.5, 0.6) is 5.75 Å². The second-order valence-corrected chi connectivity index (χ2v) is 5.29. The molecule has 1 aromatic rings. The topological polar surface area (TPSA) is 55.8 Å². The second-order valence-electron chi connectivity index (χ2n) is 5.29. The van der Waals surface area contributed by atoms with Crippen LogP contribution in [0.25, 0.3) is 0 Å². The molecular weight excluding hydrogens is 280 g/mol. The Kier molecular flexibility index (Phi) is 6.11. The van der Waals surface area contributed by atoms with Crippen molar-refractivity contribution in [3.05, 3.63) is 24.3 Å². The van der Waals surface area contributed by atoms with Crippen molar-refractivity contribution in [1.82, 2.24) is 4.90 Å². The van der Waals surface area contributed by atoms with Gasteiger partial charge in [0.15, 0.2) is 0 Å². The maximum atomic E-state index is 10.4. The molecule has 0 aromatic heterocycles. The van der Waals surface area contributed by atoms with E-state index in [4.69, 9.17) is 11.2 Å². The summed E-state index contributed by atoms with van der Waals surface area (Å²) in [7, 11) is 0. The molecular formula is C17H21N2O3-. The molecule has 1 aromatic carbocycles. The Morgan fingerprint density at radius 2 is 1.91 bits per heavy atom. The van der Waals surface area contributed by atoms with Gasteiger partial charge in [-0.3, -0.25) is 4.90 Å². The first-order chi connectivity index (χ1) is 10.7. The molecule has 0 N–H and O–H groups in total. The molecule has 5 nitrogen and oxygen atoms in total. The number of hydrogen-bond donors (Lipinski definition) is 0. The maximum Gasteiger partial charge on any atom is 0.148 e. The Morgan fingerprint density at radius 3 is 2.50 bits per heavy atom. The molecule has 0 bridgehead atoms. The molecule has 1 aliphatic heterocycles. The second kappa shape index (κ2) is 8.30. The molecule has 0 atom stereocenters. The molecule has 0 radical (unpaired) electrons. The summed E-state index contributed by atoms with van der Waals surface area (Å²) in [6.45, 7) is 4.88. The number of carboxylic acids is 1. The van der Waals surface area contributed by atoms with Crippen LogP contribution in [-0.4, -0.2) is 50.2 Å². The summed E-state index contributed by atoms with van der Waals surface area (Å²) < 4.78 is 5.36. The first-order valence-electron chi connectivity index (χ1n) is 7.52. The number of rotatable bonds is 7. The van der Waals surface area contributed by atoms with E-state index in [-0.39, 0.29) is 13.0 Å². The minimum absolute atomic E-state index is 0.138. The van der Waals surface area contributed by atoms with E-state index in [9.17, 15) is 9.90 Å². The summed E-state index contributed by atoms with van der Waals surface area (Å²) in [4.78, 5) is 15.0. The largest absolute Gasteiger partial charge is 0.550 e. The van der Waals surface area contributed by atoms with Gasteiger partial charge in [-0.2, -0.15) is 0 Å². The SMILES string of the molecule is C#CCOc1ccc(N2CCN(CCCC(=O)[O-])CC2)cc1. The summed E-state index contributed by atoms with van der Waals surface area (Å²) in [6, 6.07) is 7.94. The predicted octanol–water partition coefficient (Wildman–Crippen LogP) is 0.351. The van der Waals surface area contributed by atoms with Crippen LogP contribution in [-0.2, 0) is 4.79 Å². The molecule has 0 saturated carbocycles. The Labute approximate surface area is 131 Å². The van der Waals surface area contributed by atoms with E-state index in [0.717, 1.165) is 38.5 Å². The quantitative estimate of drug-likeness (QED) is 0.680. The minimum atomic E-state index is -0.967. The van der Waals surface area contributed by atoms with Gasteiger partial charge in [-0.15, -0.1) is 6.42 Å². The number of ether oxygens (including phenoxy) is 1. The molecule has 0 aliphatic carbocycles. The van der Waals surface area contributed by atoms with Crippen molar-refractivity contribution in [2.24, 2.45) is 0 Å². The van der Waals surface area contributed by atoms with Gasteiger partial charge in [-0.05, 0) is 43.7 Å². The summed E-state index contributed by atoms with van der Waals surface area (Å²) in [5, 5.41) is 10.4. The highest BCUT2D eigenvalue weighted by atomic mass is 16.5. The molecule has 118 valence electrons. The van der Waals surface area contributed by atoms with E-state index in [1.54, 1.807) is 0 Å². The average Bonchev–Trinajstić information content (AvgIpc) is 2.54. The van der Waals surface area contributed by atoms with Gasteiger partial charge in [-0.1, -0.05) is 5.92 Å². The van der Waals surface area contributed by atoms with Gasteiger partial charge in [0.2, 0.25) is 0 Å². The predicted molar refractivity (Wildman–Crippen MR) is 83.7 cm³/mol. The molecule has 0 amide bonds. The van der Waals surface area contributed by atoms with Crippen LogP contribution >= 0.6 is 0 Å². The zero-order valence-corrected chi connectivity index (χ0v) is 12.7. The Morgan fingerprint density at radius 1 is 1.23 bits per heavy atom. The van der Waals surface area contributed by atoms with Gasteiger partial charge >= 0.3 is 0 Å². The molecule has 1 saturated heterocycles. The molecule has 2 rings (SSSR count). The van der Waals surface area contributed by atoms with Crippen LogP contribution in [0.15, 0.2) is 24.3 Å². The Hall–Kier alpha value is -2.19. The Balaban J connectivity index is 1.76. The highest BCUT2D eigenvalue weighted by molar-refractivity contribution is 5.64. The third-order valence-corrected chi connectivity index (χ3v) is 3.75. The molecule has 1 aliphatic rings. The highest BCUT2D eigenvalue weighted by Gasteiger charge is 2.16. The minimum Gasteiger partial charge on any atom is -0.550 e. The van der Waals surface area contributed by atoms with E-state index < -0.39 is 5.97 Å². The molecule has 1 fully saturated rings. The van der Waals surface area contributed by atoms with Crippen molar-refractivity contribution < 1.29 is 14.6 Å². The van der Waals surface area contributed by atoms with E-state index in [1.165, 1.54) is 5.69 Å². The van der Waals surface area contributed by atoms with Gasteiger partial charge in [0.05, 0.1) is 0 Å². The molecule has 1 heterocycles. The fraction of sp³-hybridized carbons (Fsp3) is 0.471. The zero-order chi connectivity index (χ0) is 15.8. The third-order valence-electron chi connectivity index (χ3n) is 3.75. The average molecular weight is 301 g/mol. The number of piperazine rings is 1. The van der Waals surface area contributed by atoms with Crippen molar-refractivity contribution in [3.63, 3.8) is 0 Å². The van der Waals surface area contributed by atoms with Gasteiger partial charge < -0.3 is 19.5 Å². The summed E-state index contributed by atoms with van der Waals surface area (Å²) >= 11 is 0. The van der Waals surface area contributed by atoms with E-state index >= 15 is 0 Å². The number of carboxylic acid groups (broad SMARTS) is 1. The number of carbonyl (C=O) groups is 1. The van der Waals surface area contributed by atoms with Crippen LogP contribution in [0, 0.1) is 12.3 Å². The summed E-state index contributed by atoms with van der Waals surface area (Å²) in [5.74, 6) is 2.26. The number of terminal acetylenes is 1. The van der Waals surface area contributed by atoms with Crippen molar-refractivity contribution in [2.45, 2.75) is 12.8 Å². The first-order valence-corrected chi connectivity index (χ1v) is 7.52. The fourth-order valence-corrected chi connectivity index (χ4v) is 2.55. The molecule has 22 heavy (non-hydrogen) atoms. The number of carbonyl (C=O) groups excluding carboxylic acids is 1. The number of benzene rings is 1. The van der Waals surface area contributed by atoms with Gasteiger partial charge in [-0.25, -0.2) is 0 Å². The van der Waals surface area contributed by atoms with Gasteiger partial charge in [0.25, 0.3) is 0 Å². The van der Waals surface area contributed by atoms with Crippen LogP contribution in [0.1, 0.15) is 12.8 Å². The lowest BCUT2D eigenvalue weighted by Gasteiger charge is -2.36. The van der Waals surface area contributed by atoms with Gasteiger partial charge in [0.1, 0.15) is 12.4 Å². The maximum absolute atomic E-state index is 10.4. The van der Waals surface area contributed by atoms with Crippen molar-refractivity contribution in [2.75, 3.05) is 44.2 Å². The van der Waals surface area contributed by atoms with Crippen LogP contribution in [0.2, 0.25) is 0 Å². The highest BCUT2D eigenvalue weighted by Crippen LogP contribution is 2.20. The van der Waals surface area contributed by atoms with E-state index in [1.807, 2.05) is 24.3 Å². The molecule has 0 unspecified atom stereocenters. The lowest BCUT2D eigenvalue weighted by atomic mass is 10.2. The lowest BCUT2D eigenvalue weighted by Crippen LogP contribution is -2.46. The molecule has 5 heteroatoms. The summed E-state index contributed by atoms with van der Waals surface area (Å²) in [5.41, 5.74) is 1.17. The van der Waals surface area contributed by atoms with Crippen LogP contribution < -0.4 is 14.7 Å². The summed E-state index contributed by atoms with van der Waals surface area (Å²) in [6.07, 6.45) is 5.96. The normalized spacial score (nSPS) is 15.3. The number of nitrogens with zero attached hydrogens (tertiary/aromatic N) is 2. The third kappa shape index (κ3) is 4.97. The molecule has 0 spiro atoms. The number of aliphatic carboxylic acids is 1.